The van der Waals surface area contributed by atoms with Gasteiger partial charge in [-0.2, -0.15) is 0 Å². The van der Waals surface area contributed by atoms with Crippen molar-refractivity contribution in [2.45, 2.75) is 25.7 Å². The molecule has 0 amide bonds. The Morgan fingerprint density at radius 2 is 0.768 bits per heavy atom. The Bertz CT molecular complexity index is 4310. The molecule has 322 valence electrons. The Kier molecular flexibility index (Phi) is 7.97. The van der Waals surface area contributed by atoms with Gasteiger partial charge in [0, 0.05) is 16.2 Å². The van der Waals surface area contributed by atoms with Gasteiger partial charge >= 0.3 is 0 Å². The first-order valence-corrected chi connectivity index (χ1v) is 24.3. The third kappa shape index (κ3) is 5.47. The molecule has 1 aromatic heterocycles. The average molecular weight is 877 g/mol. The molecular formula is C68H44O. The first-order valence-electron chi connectivity index (χ1n) is 24.3. The second-order valence-electron chi connectivity index (χ2n) is 19.8. The maximum absolute atomic E-state index is 6.63. The van der Waals surface area contributed by atoms with Crippen LogP contribution < -0.4 is 0 Å². The summed E-state index contributed by atoms with van der Waals surface area (Å²) in [7, 11) is 0. The van der Waals surface area contributed by atoms with E-state index in [0.29, 0.717) is 0 Å². The van der Waals surface area contributed by atoms with Gasteiger partial charge in [-0.25, -0.2) is 0 Å². The maximum Gasteiger partial charge on any atom is 0.135 e. The lowest BCUT2D eigenvalue weighted by atomic mass is 9.79. The Hall–Kier alpha value is -8.52. The molecule has 2 aliphatic carbocycles. The van der Waals surface area contributed by atoms with Crippen LogP contribution in [0.25, 0.3) is 132 Å². The molecule has 0 bridgehead atoms. The van der Waals surface area contributed by atoms with Crippen LogP contribution in [-0.4, -0.2) is 0 Å². The lowest BCUT2D eigenvalue weighted by molar-refractivity contribution is 0.666. The standard InChI is InChI=1S/C68H44O/c1-68(2)61-32-29-40(37-60(61)66-51-21-9-6-18-48(51)49-19-7-14-26-56(49)67(66)68)41-30-33-62-58(36-41)59-39-45(31-34-63(59)69-62)64-52-22-10-12-24-54(52)65(55-25-13-11-23-53(55)64)50-20-8-5-16-46(50)44-28-27-43-35-42-15-3-4-17-47(42)57(43)38-44/h3-34,36-39H,35H2,1-2H3. The van der Waals surface area contributed by atoms with Crippen molar-refractivity contribution in [3.8, 4) is 66.8 Å². The van der Waals surface area contributed by atoms with Gasteiger partial charge in [0.25, 0.3) is 0 Å². The summed E-state index contributed by atoms with van der Waals surface area (Å²) in [4.78, 5) is 0. The summed E-state index contributed by atoms with van der Waals surface area (Å²) in [6.45, 7) is 4.79. The minimum atomic E-state index is -0.140. The monoisotopic (exact) mass is 876 g/mol. The molecule has 0 radical (unpaired) electrons. The fourth-order valence-electron chi connectivity index (χ4n) is 12.8. The largest absolute Gasteiger partial charge is 0.456 e. The van der Waals surface area contributed by atoms with Crippen molar-refractivity contribution in [3.05, 3.63) is 241 Å². The molecule has 0 aliphatic heterocycles. The number of rotatable bonds is 4. The second-order valence-corrected chi connectivity index (χ2v) is 19.8. The van der Waals surface area contributed by atoms with E-state index in [1.54, 1.807) is 0 Å². The lowest BCUT2D eigenvalue weighted by Crippen LogP contribution is -2.15. The number of benzene rings is 12. The molecule has 1 nitrogen and oxygen atoms in total. The summed E-state index contributed by atoms with van der Waals surface area (Å²) in [5, 5.41) is 12.5. The molecule has 1 heteroatoms. The topological polar surface area (TPSA) is 13.1 Å². The van der Waals surface area contributed by atoms with Gasteiger partial charge in [-0.3, -0.25) is 0 Å². The fraction of sp³-hybridized carbons (Fsp3) is 0.0588. The number of hydrogen-bond acceptors (Lipinski definition) is 1. The van der Waals surface area contributed by atoms with Gasteiger partial charge in [-0.15, -0.1) is 0 Å². The summed E-state index contributed by atoms with van der Waals surface area (Å²) in [5.41, 5.74) is 22.5. The van der Waals surface area contributed by atoms with Crippen LogP contribution in [0.1, 0.15) is 36.1 Å². The van der Waals surface area contributed by atoms with Gasteiger partial charge < -0.3 is 4.42 Å². The molecule has 0 saturated heterocycles. The van der Waals surface area contributed by atoms with Gasteiger partial charge in [0.1, 0.15) is 11.2 Å². The van der Waals surface area contributed by atoms with Crippen LogP contribution in [0.3, 0.4) is 0 Å². The van der Waals surface area contributed by atoms with Crippen molar-refractivity contribution < 1.29 is 4.42 Å². The molecule has 0 atom stereocenters. The molecule has 0 N–H and O–H groups in total. The Balaban J connectivity index is 0.888. The molecule has 0 unspecified atom stereocenters. The molecule has 2 aliphatic rings. The number of furan rings is 1. The smallest absolute Gasteiger partial charge is 0.135 e. The van der Waals surface area contributed by atoms with E-state index < -0.39 is 0 Å². The van der Waals surface area contributed by atoms with E-state index in [4.69, 9.17) is 4.42 Å². The van der Waals surface area contributed by atoms with Crippen LogP contribution in [0.4, 0.5) is 0 Å². The average Bonchev–Trinajstić information content (AvgIpc) is 4.04. The van der Waals surface area contributed by atoms with Gasteiger partial charge in [-0.05, 0) is 175 Å². The van der Waals surface area contributed by atoms with E-state index in [-0.39, 0.29) is 5.41 Å². The van der Waals surface area contributed by atoms with Crippen LogP contribution in [0.2, 0.25) is 0 Å². The quantitative estimate of drug-likeness (QED) is 0.127. The highest BCUT2D eigenvalue weighted by Gasteiger charge is 2.38. The van der Waals surface area contributed by atoms with Crippen LogP contribution in [0.5, 0.6) is 0 Å². The lowest BCUT2D eigenvalue weighted by Gasteiger charge is -2.24. The van der Waals surface area contributed by atoms with E-state index in [2.05, 4.69) is 232 Å². The van der Waals surface area contributed by atoms with Gasteiger partial charge in [-0.1, -0.05) is 196 Å². The van der Waals surface area contributed by atoms with E-state index in [0.717, 1.165) is 28.4 Å². The van der Waals surface area contributed by atoms with Crippen molar-refractivity contribution in [1.29, 1.82) is 0 Å². The van der Waals surface area contributed by atoms with Crippen LogP contribution >= 0.6 is 0 Å². The zero-order valence-corrected chi connectivity index (χ0v) is 38.4. The van der Waals surface area contributed by atoms with Crippen molar-refractivity contribution in [2.24, 2.45) is 0 Å². The van der Waals surface area contributed by atoms with Crippen molar-refractivity contribution in [3.63, 3.8) is 0 Å². The Labute approximate surface area is 400 Å². The van der Waals surface area contributed by atoms with Gasteiger partial charge in [0.15, 0.2) is 0 Å². The SMILES string of the molecule is CC1(C)c2ccc(-c3ccc4oc5ccc(-c6c7ccccc7c(-c7ccccc7-c7ccc8c(c7)-c7ccccc7C8)c7ccccc67)cc5c4c3)cc2-c2c1c1ccccc1c1ccccc21. The fourth-order valence-corrected chi connectivity index (χ4v) is 12.8. The van der Waals surface area contributed by atoms with Crippen LogP contribution in [0.15, 0.2) is 223 Å². The highest BCUT2D eigenvalue weighted by Crippen LogP contribution is 2.56. The van der Waals surface area contributed by atoms with E-state index in [1.165, 1.54) is 132 Å². The molecule has 69 heavy (non-hydrogen) atoms. The van der Waals surface area contributed by atoms with Crippen molar-refractivity contribution >= 4 is 65.0 Å². The first-order chi connectivity index (χ1) is 34.0. The van der Waals surface area contributed by atoms with E-state index >= 15 is 0 Å². The van der Waals surface area contributed by atoms with Crippen LogP contribution in [0, 0.1) is 0 Å². The highest BCUT2D eigenvalue weighted by atomic mass is 16.3. The third-order valence-corrected chi connectivity index (χ3v) is 15.8. The molecular weight excluding hydrogens is 833 g/mol. The third-order valence-electron chi connectivity index (χ3n) is 15.8. The van der Waals surface area contributed by atoms with E-state index in [1.807, 2.05) is 0 Å². The molecule has 1 heterocycles. The molecule has 15 rings (SSSR count). The van der Waals surface area contributed by atoms with Crippen molar-refractivity contribution in [1.82, 2.24) is 0 Å². The summed E-state index contributed by atoms with van der Waals surface area (Å²) in [6.07, 6.45) is 0.990. The van der Waals surface area contributed by atoms with Crippen LogP contribution in [-0.2, 0) is 11.8 Å². The minimum absolute atomic E-state index is 0.140. The summed E-state index contributed by atoms with van der Waals surface area (Å²) < 4.78 is 6.63. The first kappa shape index (κ1) is 38.6. The summed E-state index contributed by atoms with van der Waals surface area (Å²) in [5.74, 6) is 0. The summed E-state index contributed by atoms with van der Waals surface area (Å²) in [6, 6.07) is 81.5. The normalized spacial score (nSPS) is 13.4. The van der Waals surface area contributed by atoms with Gasteiger partial charge in [0.05, 0.1) is 0 Å². The molecule has 0 saturated carbocycles. The summed E-state index contributed by atoms with van der Waals surface area (Å²) >= 11 is 0. The maximum atomic E-state index is 6.63. The zero-order chi connectivity index (χ0) is 45.5. The van der Waals surface area contributed by atoms with Crippen molar-refractivity contribution in [2.75, 3.05) is 0 Å². The molecule has 13 aromatic rings. The predicted octanol–water partition coefficient (Wildman–Crippen LogP) is 18.7. The molecule has 12 aromatic carbocycles. The second kappa shape index (κ2) is 14.2. The molecule has 0 spiro atoms. The van der Waals surface area contributed by atoms with Gasteiger partial charge in [0.2, 0.25) is 0 Å². The zero-order valence-electron chi connectivity index (χ0n) is 38.4. The number of hydrogen-bond donors (Lipinski definition) is 0. The predicted molar refractivity (Wildman–Crippen MR) is 291 cm³/mol. The number of fused-ring (bicyclic) bond motifs is 16. The minimum Gasteiger partial charge on any atom is -0.456 e. The van der Waals surface area contributed by atoms with E-state index in [9.17, 15) is 0 Å². The highest BCUT2D eigenvalue weighted by molar-refractivity contribution is 6.23. The molecule has 0 fully saturated rings. The Morgan fingerprint density at radius 3 is 1.46 bits per heavy atom. The Morgan fingerprint density at radius 1 is 0.304 bits per heavy atom.